The van der Waals surface area contributed by atoms with Crippen molar-refractivity contribution in [1.29, 1.82) is 0 Å². The van der Waals surface area contributed by atoms with Crippen molar-refractivity contribution in [2.75, 3.05) is 5.32 Å². The molecule has 0 aliphatic rings. The molecule has 0 saturated heterocycles. The Morgan fingerprint density at radius 1 is 1.19 bits per heavy atom. The Morgan fingerprint density at radius 3 is 2.69 bits per heavy atom. The number of aromatic nitrogens is 3. The van der Waals surface area contributed by atoms with Gasteiger partial charge in [0.1, 0.15) is 11.3 Å². The third-order valence-electron chi connectivity index (χ3n) is 3.87. The highest BCUT2D eigenvalue weighted by molar-refractivity contribution is 6.05. The van der Waals surface area contributed by atoms with Crippen molar-refractivity contribution in [2.45, 2.75) is 20.4 Å². The second-order valence-corrected chi connectivity index (χ2v) is 5.96. The van der Waals surface area contributed by atoms with Gasteiger partial charge >= 0.3 is 0 Å². The number of rotatable bonds is 4. The molecule has 0 atom stereocenters. The number of aromatic hydroxyl groups is 1. The molecule has 26 heavy (non-hydrogen) atoms. The highest BCUT2D eigenvalue weighted by atomic mass is 16.3. The standard InChI is InChI=1S/C19H18N4O3/c1-12-6-7-23(11-15-10-20-13(2)9-21-15)19(26)17(12)18(25)22-14-4-3-5-16(24)8-14/h3-10,24H,11H2,1-2H3,(H,22,25). The largest absolute Gasteiger partial charge is 0.508 e. The minimum Gasteiger partial charge on any atom is -0.508 e. The van der Waals surface area contributed by atoms with Crippen LogP contribution in [0.15, 0.2) is 53.7 Å². The number of carbonyl (C=O) groups excluding carboxylic acids is 1. The Bertz CT molecular complexity index is 1010. The van der Waals surface area contributed by atoms with Crippen LogP contribution in [0.1, 0.15) is 27.3 Å². The summed E-state index contributed by atoms with van der Waals surface area (Å²) in [6.07, 6.45) is 4.86. The van der Waals surface area contributed by atoms with Gasteiger partial charge in [-0.2, -0.15) is 0 Å². The van der Waals surface area contributed by atoms with E-state index in [1.165, 1.54) is 16.7 Å². The Morgan fingerprint density at radius 2 is 2.00 bits per heavy atom. The lowest BCUT2D eigenvalue weighted by atomic mass is 10.1. The van der Waals surface area contributed by atoms with Crippen LogP contribution < -0.4 is 10.9 Å². The quantitative estimate of drug-likeness (QED) is 0.752. The number of hydrogen-bond acceptors (Lipinski definition) is 5. The summed E-state index contributed by atoms with van der Waals surface area (Å²) in [6.45, 7) is 3.76. The monoisotopic (exact) mass is 350 g/mol. The minimum absolute atomic E-state index is 0.0305. The maximum atomic E-state index is 12.8. The smallest absolute Gasteiger partial charge is 0.264 e. The first-order chi connectivity index (χ1) is 12.4. The third-order valence-corrected chi connectivity index (χ3v) is 3.87. The summed E-state index contributed by atoms with van der Waals surface area (Å²) in [7, 11) is 0. The Balaban J connectivity index is 1.90. The number of aryl methyl sites for hydroxylation is 2. The highest BCUT2D eigenvalue weighted by Gasteiger charge is 2.16. The van der Waals surface area contributed by atoms with E-state index in [1.807, 2.05) is 6.92 Å². The summed E-state index contributed by atoms with van der Waals surface area (Å²) in [5, 5.41) is 12.1. The zero-order chi connectivity index (χ0) is 18.7. The van der Waals surface area contributed by atoms with Crippen LogP contribution in [-0.4, -0.2) is 25.5 Å². The Kier molecular flexibility index (Phi) is 4.79. The number of phenols is 1. The molecule has 3 aromatic rings. The van der Waals surface area contributed by atoms with Gasteiger partial charge in [0.2, 0.25) is 0 Å². The molecule has 3 rings (SSSR count). The van der Waals surface area contributed by atoms with E-state index in [4.69, 9.17) is 0 Å². The van der Waals surface area contributed by atoms with Gasteiger partial charge in [0, 0.05) is 24.1 Å². The zero-order valence-electron chi connectivity index (χ0n) is 14.4. The molecule has 0 aliphatic carbocycles. The minimum atomic E-state index is -0.526. The highest BCUT2D eigenvalue weighted by Crippen LogP contribution is 2.16. The Hall–Kier alpha value is -3.48. The number of nitrogens with one attached hydrogen (secondary N) is 1. The van der Waals surface area contributed by atoms with Crippen molar-refractivity contribution in [3.63, 3.8) is 0 Å². The fourth-order valence-corrected chi connectivity index (χ4v) is 2.52. The van der Waals surface area contributed by atoms with Crippen LogP contribution in [0, 0.1) is 13.8 Å². The number of phenolic OH excluding ortho intramolecular Hbond substituents is 1. The normalized spacial score (nSPS) is 10.5. The SMILES string of the molecule is Cc1cnc(Cn2ccc(C)c(C(=O)Nc3cccc(O)c3)c2=O)cn1. The number of carbonyl (C=O) groups is 1. The van der Waals surface area contributed by atoms with Crippen LogP contribution in [0.25, 0.3) is 0 Å². The molecule has 1 aromatic carbocycles. The summed E-state index contributed by atoms with van der Waals surface area (Å²) >= 11 is 0. The topological polar surface area (TPSA) is 97.1 Å². The summed E-state index contributed by atoms with van der Waals surface area (Å²) in [5.41, 5.74) is 2.03. The van der Waals surface area contributed by atoms with Gasteiger partial charge in [-0.1, -0.05) is 6.07 Å². The van der Waals surface area contributed by atoms with Crippen LogP contribution in [0.2, 0.25) is 0 Å². The summed E-state index contributed by atoms with van der Waals surface area (Å²) in [4.78, 5) is 33.7. The number of nitrogens with zero attached hydrogens (tertiary/aromatic N) is 3. The first-order valence-electron chi connectivity index (χ1n) is 8.02. The van der Waals surface area contributed by atoms with Gasteiger partial charge in [0.25, 0.3) is 11.5 Å². The van der Waals surface area contributed by atoms with E-state index in [1.54, 1.807) is 43.7 Å². The second-order valence-electron chi connectivity index (χ2n) is 5.96. The number of hydrogen-bond donors (Lipinski definition) is 2. The molecule has 0 spiro atoms. The molecule has 0 unspecified atom stereocenters. The lowest BCUT2D eigenvalue weighted by molar-refractivity contribution is 0.102. The third kappa shape index (κ3) is 3.77. The summed E-state index contributed by atoms with van der Waals surface area (Å²) in [5.74, 6) is -0.495. The lowest BCUT2D eigenvalue weighted by Crippen LogP contribution is -2.30. The molecule has 0 bridgehead atoms. The molecular formula is C19H18N4O3. The van der Waals surface area contributed by atoms with Gasteiger partial charge in [0.05, 0.1) is 24.1 Å². The molecule has 2 aromatic heterocycles. The number of pyridine rings is 1. The van der Waals surface area contributed by atoms with E-state index in [-0.39, 0.29) is 17.9 Å². The average Bonchev–Trinajstić information content (AvgIpc) is 2.59. The lowest BCUT2D eigenvalue weighted by Gasteiger charge is -2.11. The Labute approximate surface area is 150 Å². The van der Waals surface area contributed by atoms with E-state index in [2.05, 4.69) is 15.3 Å². The number of amides is 1. The number of anilines is 1. The zero-order valence-corrected chi connectivity index (χ0v) is 14.4. The summed E-state index contributed by atoms with van der Waals surface area (Å²) in [6, 6.07) is 7.86. The van der Waals surface area contributed by atoms with Crippen LogP contribution in [0.3, 0.4) is 0 Å². The maximum absolute atomic E-state index is 12.8. The second kappa shape index (κ2) is 7.18. The van der Waals surface area contributed by atoms with Gasteiger partial charge in [0.15, 0.2) is 0 Å². The van der Waals surface area contributed by atoms with Gasteiger partial charge in [-0.05, 0) is 37.6 Å². The van der Waals surface area contributed by atoms with Gasteiger partial charge in [-0.25, -0.2) is 0 Å². The van der Waals surface area contributed by atoms with Crippen molar-refractivity contribution in [2.24, 2.45) is 0 Å². The first kappa shape index (κ1) is 17.3. The van der Waals surface area contributed by atoms with Crippen LogP contribution in [-0.2, 0) is 6.54 Å². The molecule has 7 heteroatoms. The van der Waals surface area contributed by atoms with Crippen LogP contribution >= 0.6 is 0 Å². The van der Waals surface area contributed by atoms with Gasteiger partial charge < -0.3 is 15.0 Å². The van der Waals surface area contributed by atoms with E-state index >= 15 is 0 Å². The van der Waals surface area contributed by atoms with E-state index < -0.39 is 11.5 Å². The number of benzene rings is 1. The predicted molar refractivity (Wildman–Crippen MR) is 97.4 cm³/mol. The molecule has 7 nitrogen and oxygen atoms in total. The predicted octanol–water partition coefficient (Wildman–Crippen LogP) is 2.26. The maximum Gasteiger partial charge on any atom is 0.264 e. The van der Waals surface area contributed by atoms with E-state index in [9.17, 15) is 14.7 Å². The van der Waals surface area contributed by atoms with Crippen molar-refractivity contribution >= 4 is 11.6 Å². The van der Waals surface area contributed by atoms with Gasteiger partial charge in [-0.3, -0.25) is 19.6 Å². The molecular weight excluding hydrogens is 332 g/mol. The van der Waals surface area contributed by atoms with E-state index in [0.717, 1.165) is 5.69 Å². The fourth-order valence-electron chi connectivity index (χ4n) is 2.52. The molecule has 132 valence electrons. The van der Waals surface area contributed by atoms with Gasteiger partial charge in [-0.15, -0.1) is 0 Å². The van der Waals surface area contributed by atoms with Crippen molar-refractivity contribution in [3.05, 3.63) is 81.8 Å². The van der Waals surface area contributed by atoms with Crippen LogP contribution in [0.4, 0.5) is 5.69 Å². The molecule has 2 heterocycles. The molecule has 0 fully saturated rings. The average molecular weight is 350 g/mol. The van der Waals surface area contributed by atoms with Crippen molar-refractivity contribution in [3.8, 4) is 5.75 Å². The molecule has 2 N–H and O–H groups in total. The molecule has 0 aliphatic heterocycles. The van der Waals surface area contributed by atoms with Crippen LogP contribution in [0.5, 0.6) is 5.75 Å². The van der Waals surface area contributed by atoms with E-state index in [0.29, 0.717) is 16.9 Å². The first-order valence-corrected chi connectivity index (χ1v) is 8.02. The van der Waals surface area contributed by atoms with Crippen molar-refractivity contribution in [1.82, 2.24) is 14.5 Å². The summed E-state index contributed by atoms with van der Waals surface area (Å²) < 4.78 is 1.42. The van der Waals surface area contributed by atoms with Crippen molar-refractivity contribution < 1.29 is 9.90 Å². The fraction of sp³-hybridized carbons (Fsp3) is 0.158. The molecule has 0 radical (unpaired) electrons. The molecule has 1 amide bonds. The molecule has 0 saturated carbocycles.